The van der Waals surface area contributed by atoms with Gasteiger partial charge in [-0.1, -0.05) is 23.2 Å². The molecule has 128 valence electrons. The van der Waals surface area contributed by atoms with Crippen LogP contribution in [0.15, 0.2) is 18.2 Å². The van der Waals surface area contributed by atoms with Crippen molar-refractivity contribution in [3.8, 4) is 0 Å². The van der Waals surface area contributed by atoms with Gasteiger partial charge in [0.25, 0.3) is 0 Å². The molecular formula is C15H19Cl3N2O3. The summed E-state index contributed by atoms with van der Waals surface area (Å²) < 4.78 is 0. The van der Waals surface area contributed by atoms with Gasteiger partial charge in [-0.3, -0.25) is 14.5 Å². The number of carboxylic acids is 1. The maximum atomic E-state index is 12.3. The summed E-state index contributed by atoms with van der Waals surface area (Å²) in [5.74, 6) is -0.987. The van der Waals surface area contributed by atoms with Crippen LogP contribution >= 0.6 is 35.6 Å². The standard InChI is InChI=1S/C15H18Cl2N2O3.ClH/c1-18(8-10-5-11(16)7-12(17)6-10)14(20)9-19-4-2-3-13(19)15(21)22;/h5-7,13H,2-4,8-9H2,1H3,(H,21,22);1H. The van der Waals surface area contributed by atoms with Crippen LogP contribution in [0.3, 0.4) is 0 Å². The summed E-state index contributed by atoms with van der Waals surface area (Å²) in [5.41, 5.74) is 0.838. The number of nitrogens with zero attached hydrogens (tertiary/aromatic N) is 2. The SMILES string of the molecule is CN(Cc1cc(Cl)cc(Cl)c1)C(=O)CN1CCCC1C(=O)O.Cl. The number of hydrogen-bond acceptors (Lipinski definition) is 3. The Morgan fingerprint density at radius 2 is 1.91 bits per heavy atom. The molecule has 1 aliphatic heterocycles. The third-order valence-corrected chi connectivity index (χ3v) is 4.19. The average molecular weight is 382 g/mol. The first kappa shape index (κ1) is 20.0. The van der Waals surface area contributed by atoms with E-state index in [0.29, 0.717) is 29.6 Å². The largest absolute Gasteiger partial charge is 0.480 e. The molecule has 5 nitrogen and oxygen atoms in total. The monoisotopic (exact) mass is 380 g/mol. The molecule has 1 amide bonds. The minimum atomic E-state index is -0.866. The molecule has 0 aromatic heterocycles. The number of carbonyl (C=O) groups excluding carboxylic acids is 1. The molecule has 1 atom stereocenters. The van der Waals surface area contributed by atoms with Crippen LogP contribution in [0, 0.1) is 0 Å². The van der Waals surface area contributed by atoms with Gasteiger partial charge < -0.3 is 10.0 Å². The summed E-state index contributed by atoms with van der Waals surface area (Å²) in [4.78, 5) is 26.7. The number of carboxylic acid groups (broad SMARTS) is 1. The second-order valence-corrected chi connectivity index (χ2v) is 6.37. The Bertz CT molecular complexity index is 563. The van der Waals surface area contributed by atoms with Crippen LogP contribution in [-0.2, 0) is 16.1 Å². The quantitative estimate of drug-likeness (QED) is 0.852. The fourth-order valence-electron chi connectivity index (χ4n) is 2.65. The van der Waals surface area contributed by atoms with Crippen LogP contribution < -0.4 is 0 Å². The smallest absolute Gasteiger partial charge is 0.320 e. The fraction of sp³-hybridized carbons (Fsp3) is 0.467. The highest BCUT2D eigenvalue weighted by Crippen LogP contribution is 2.21. The Balaban J connectivity index is 0.00000264. The number of rotatable bonds is 5. The normalized spacial score (nSPS) is 17.6. The van der Waals surface area contributed by atoms with Gasteiger partial charge in [-0.2, -0.15) is 0 Å². The van der Waals surface area contributed by atoms with Gasteiger partial charge >= 0.3 is 5.97 Å². The molecule has 23 heavy (non-hydrogen) atoms. The number of likely N-dealkylation sites (tertiary alicyclic amines) is 1. The second-order valence-electron chi connectivity index (χ2n) is 5.49. The number of benzene rings is 1. The summed E-state index contributed by atoms with van der Waals surface area (Å²) >= 11 is 11.9. The lowest BCUT2D eigenvalue weighted by molar-refractivity contribution is -0.143. The van der Waals surface area contributed by atoms with Crippen molar-refractivity contribution >= 4 is 47.5 Å². The lowest BCUT2D eigenvalue weighted by atomic mass is 10.2. The molecule has 0 radical (unpaired) electrons. The molecule has 1 aromatic carbocycles. The summed E-state index contributed by atoms with van der Waals surface area (Å²) in [7, 11) is 1.68. The van der Waals surface area contributed by atoms with Crippen molar-refractivity contribution < 1.29 is 14.7 Å². The molecule has 1 N–H and O–H groups in total. The van der Waals surface area contributed by atoms with E-state index in [9.17, 15) is 9.59 Å². The van der Waals surface area contributed by atoms with Gasteiger partial charge in [0.2, 0.25) is 5.91 Å². The van der Waals surface area contributed by atoms with Crippen molar-refractivity contribution in [2.45, 2.75) is 25.4 Å². The van der Waals surface area contributed by atoms with Crippen molar-refractivity contribution in [2.75, 3.05) is 20.1 Å². The molecule has 1 unspecified atom stereocenters. The summed E-state index contributed by atoms with van der Waals surface area (Å²) in [6.07, 6.45) is 1.40. The Labute approximate surface area is 151 Å². The molecule has 1 saturated heterocycles. The van der Waals surface area contributed by atoms with Gasteiger partial charge in [-0.25, -0.2) is 0 Å². The number of halogens is 3. The van der Waals surface area contributed by atoms with E-state index in [1.165, 1.54) is 0 Å². The maximum absolute atomic E-state index is 12.3. The van der Waals surface area contributed by atoms with Crippen LogP contribution in [0.1, 0.15) is 18.4 Å². The van der Waals surface area contributed by atoms with Crippen molar-refractivity contribution in [3.05, 3.63) is 33.8 Å². The first-order valence-corrected chi connectivity index (χ1v) is 7.78. The lowest BCUT2D eigenvalue weighted by Gasteiger charge is -2.24. The molecule has 0 bridgehead atoms. The highest BCUT2D eigenvalue weighted by molar-refractivity contribution is 6.34. The number of likely N-dealkylation sites (N-methyl/N-ethyl adjacent to an activating group) is 1. The minimum absolute atomic E-state index is 0. The molecule has 1 aliphatic rings. The van der Waals surface area contributed by atoms with Crippen molar-refractivity contribution in [1.82, 2.24) is 9.80 Å². The number of aliphatic carboxylic acids is 1. The van der Waals surface area contributed by atoms with Gasteiger partial charge in [0.15, 0.2) is 0 Å². The number of carbonyl (C=O) groups is 2. The van der Waals surface area contributed by atoms with Gasteiger partial charge in [-0.15, -0.1) is 12.4 Å². The van der Waals surface area contributed by atoms with E-state index in [1.807, 2.05) is 0 Å². The molecule has 0 aliphatic carbocycles. The first-order valence-electron chi connectivity index (χ1n) is 7.02. The van der Waals surface area contributed by atoms with E-state index in [4.69, 9.17) is 28.3 Å². The molecule has 0 spiro atoms. The molecule has 2 rings (SSSR count). The van der Waals surface area contributed by atoms with Crippen LogP contribution in [0.25, 0.3) is 0 Å². The topological polar surface area (TPSA) is 60.9 Å². The lowest BCUT2D eigenvalue weighted by Crippen LogP contribution is -2.43. The molecule has 1 heterocycles. The third-order valence-electron chi connectivity index (χ3n) is 3.75. The van der Waals surface area contributed by atoms with Gasteiger partial charge in [-0.05, 0) is 43.1 Å². The van der Waals surface area contributed by atoms with Gasteiger partial charge in [0.1, 0.15) is 6.04 Å². The molecule has 1 fully saturated rings. The molecule has 0 saturated carbocycles. The van der Waals surface area contributed by atoms with Crippen molar-refractivity contribution in [2.24, 2.45) is 0 Å². The predicted molar refractivity (Wildman–Crippen MR) is 92.4 cm³/mol. The van der Waals surface area contributed by atoms with Crippen LogP contribution in [-0.4, -0.2) is 53.0 Å². The van der Waals surface area contributed by atoms with Crippen LogP contribution in [0.5, 0.6) is 0 Å². The average Bonchev–Trinajstić information content (AvgIpc) is 2.85. The van der Waals surface area contributed by atoms with E-state index < -0.39 is 12.0 Å². The Morgan fingerprint density at radius 1 is 1.30 bits per heavy atom. The zero-order valence-corrected chi connectivity index (χ0v) is 15.0. The highest BCUT2D eigenvalue weighted by Gasteiger charge is 2.32. The Morgan fingerprint density at radius 3 is 2.48 bits per heavy atom. The zero-order valence-electron chi connectivity index (χ0n) is 12.7. The van der Waals surface area contributed by atoms with E-state index >= 15 is 0 Å². The van der Waals surface area contributed by atoms with E-state index in [1.54, 1.807) is 35.0 Å². The van der Waals surface area contributed by atoms with Crippen LogP contribution in [0.2, 0.25) is 10.0 Å². The first-order chi connectivity index (χ1) is 10.4. The number of hydrogen-bond donors (Lipinski definition) is 1. The van der Waals surface area contributed by atoms with Gasteiger partial charge in [0, 0.05) is 23.6 Å². The summed E-state index contributed by atoms with van der Waals surface area (Å²) in [6.45, 7) is 1.13. The molecule has 8 heteroatoms. The van der Waals surface area contributed by atoms with Crippen molar-refractivity contribution in [1.29, 1.82) is 0 Å². The van der Waals surface area contributed by atoms with E-state index in [2.05, 4.69) is 0 Å². The highest BCUT2D eigenvalue weighted by atomic mass is 35.5. The summed E-state index contributed by atoms with van der Waals surface area (Å²) in [6, 6.07) is 4.59. The van der Waals surface area contributed by atoms with Gasteiger partial charge in [0.05, 0.1) is 6.54 Å². The zero-order chi connectivity index (χ0) is 16.3. The fourth-order valence-corrected chi connectivity index (χ4v) is 3.23. The minimum Gasteiger partial charge on any atom is -0.480 e. The van der Waals surface area contributed by atoms with Crippen LogP contribution in [0.4, 0.5) is 0 Å². The third kappa shape index (κ3) is 5.53. The van der Waals surface area contributed by atoms with Crippen molar-refractivity contribution in [3.63, 3.8) is 0 Å². The summed E-state index contributed by atoms with van der Waals surface area (Å²) in [5, 5.41) is 10.2. The number of amides is 1. The molecular weight excluding hydrogens is 363 g/mol. The molecule has 1 aromatic rings. The maximum Gasteiger partial charge on any atom is 0.320 e. The van der Waals surface area contributed by atoms with E-state index in [-0.39, 0.29) is 24.9 Å². The second kappa shape index (κ2) is 8.73. The van der Waals surface area contributed by atoms with E-state index in [0.717, 1.165) is 12.0 Å². The Kier molecular flexibility index (Phi) is 7.61. The predicted octanol–water partition coefficient (Wildman–Crippen LogP) is 2.92. The Hall–Kier alpha value is -1.01.